The molecule has 0 amide bonds. The zero-order chi connectivity index (χ0) is 16.6. The van der Waals surface area contributed by atoms with Crippen molar-refractivity contribution in [3.63, 3.8) is 0 Å². The van der Waals surface area contributed by atoms with E-state index in [1.807, 2.05) is 0 Å². The van der Waals surface area contributed by atoms with Crippen LogP contribution in [0.1, 0.15) is 109 Å². The SMILES string of the molecule is O=C1CCCCCCCC/C=C/CCCCCCCCCC1O. The fourth-order valence-corrected chi connectivity index (χ4v) is 3.32. The van der Waals surface area contributed by atoms with Crippen LogP contribution in [-0.4, -0.2) is 17.0 Å². The molecular formula is C21H38O2. The first-order valence-electron chi connectivity index (χ1n) is 10.2. The highest BCUT2D eigenvalue weighted by atomic mass is 16.3. The lowest BCUT2D eigenvalue weighted by atomic mass is 10.0. The van der Waals surface area contributed by atoms with Crippen molar-refractivity contribution in [1.82, 2.24) is 0 Å². The number of ketones is 1. The van der Waals surface area contributed by atoms with E-state index in [9.17, 15) is 9.90 Å². The highest BCUT2D eigenvalue weighted by Gasteiger charge is 2.13. The largest absolute Gasteiger partial charge is 0.385 e. The highest BCUT2D eigenvalue weighted by Crippen LogP contribution is 2.14. The van der Waals surface area contributed by atoms with Gasteiger partial charge in [-0.2, -0.15) is 0 Å². The summed E-state index contributed by atoms with van der Waals surface area (Å²) in [6, 6.07) is 0. The number of hydrogen-bond donors (Lipinski definition) is 1. The van der Waals surface area contributed by atoms with Gasteiger partial charge < -0.3 is 5.11 Å². The minimum absolute atomic E-state index is 0.0704. The van der Waals surface area contributed by atoms with Gasteiger partial charge in [-0.15, -0.1) is 0 Å². The Morgan fingerprint density at radius 1 is 0.652 bits per heavy atom. The molecule has 1 atom stereocenters. The van der Waals surface area contributed by atoms with Crippen LogP contribution in [0.15, 0.2) is 12.2 Å². The molecule has 0 bridgehead atoms. The molecule has 134 valence electrons. The van der Waals surface area contributed by atoms with Gasteiger partial charge in [0.2, 0.25) is 0 Å². The minimum atomic E-state index is -0.699. The van der Waals surface area contributed by atoms with E-state index in [1.165, 1.54) is 70.6 Å². The maximum absolute atomic E-state index is 11.9. The van der Waals surface area contributed by atoms with Crippen molar-refractivity contribution < 1.29 is 9.90 Å². The van der Waals surface area contributed by atoms with Gasteiger partial charge in [-0.1, -0.05) is 76.4 Å². The maximum Gasteiger partial charge on any atom is 0.161 e. The zero-order valence-corrected chi connectivity index (χ0v) is 15.1. The molecule has 1 aliphatic rings. The number of aliphatic hydroxyl groups excluding tert-OH is 1. The van der Waals surface area contributed by atoms with Gasteiger partial charge in [-0.25, -0.2) is 0 Å². The van der Waals surface area contributed by atoms with Crippen LogP contribution in [0.3, 0.4) is 0 Å². The van der Waals surface area contributed by atoms with Crippen molar-refractivity contribution in [3.05, 3.63) is 12.2 Å². The van der Waals surface area contributed by atoms with E-state index in [-0.39, 0.29) is 5.78 Å². The van der Waals surface area contributed by atoms with Gasteiger partial charge in [0.1, 0.15) is 6.10 Å². The number of carbonyl (C=O) groups is 1. The second-order valence-corrected chi connectivity index (χ2v) is 7.17. The number of allylic oxidation sites excluding steroid dienone is 2. The van der Waals surface area contributed by atoms with Crippen LogP contribution in [0.25, 0.3) is 0 Å². The summed E-state index contributed by atoms with van der Waals surface area (Å²) < 4.78 is 0. The summed E-state index contributed by atoms with van der Waals surface area (Å²) in [6.45, 7) is 0. The molecule has 0 saturated carbocycles. The third kappa shape index (κ3) is 12.5. The second kappa shape index (κ2) is 14.9. The average Bonchev–Trinajstić information content (AvgIpc) is 2.55. The van der Waals surface area contributed by atoms with Crippen LogP contribution in [0, 0.1) is 0 Å². The van der Waals surface area contributed by atoms with Crippen molar-refractivity contribution in [1.29, 1.82) is 0 Å². The van der Waals surface area contributed by atoms with E-state index in [0.717, 1.165) is 25.7 Å². The monoisotopic (exact) mass is 322 g/mol. The molecule has 2 nitrogen and oxygen atoms in total. The third-order valence-electron chi connectivity index (χ3n) is 4.93. The second-order valence-electron chi connectivity index (χ2n) is 7.17. The summed E-state index contributed by atoms with van der Waals surface area (Å²) in [5.74, 6) is 0.0704. The van der Waals surface area contributed by atoms with E-state index in [1.54, 1.807) is 0 Å². The van der Waals surface area contributed by atoms with Crippen molar-refractivity contribution in [3.8, 4) is 0 Å². The van der Waals surface area contributed by atoms with Crippen LogP contribution < -0.4 is 0 Å². The van der Waals surface area contributed by atoms with Gasteiger partial charge in [0.05, 0.1) is 0 Å². The number of hydrogen-bond acceptors (Lipinski definition) is 2. The first-order chi connectivity index (χ1) is 11.3. The number of Topliss-reactive ketones (excluding diaryl/α,β-unsaturated/α-hetero) is 1. The molecule has 1 aliphatic carbocycles. The lowest BCUT2D eigenvalue weighted by Crippen LogP contribution is -2.19. The van der Waals surface area contributed by atoms with Crippen molar-refractivity contribution in [2.75, 3.05) is 0 Å². The molecule has 0 aromatic rings. The average molecular weight is 323 g/mol. The van der Waals surface area contributed by atoms with Crippen LogP contribution in [0.4, 0.5) is 0 Å². The van der Waals surface area contributed by atoms with Crippen molar-refractivity contribution >= 4 is 5.78 Å². The molecule has 1 N–H and O–H groups in total. The molecule has 1 rings (SSSR count). The fraction of sp³-hybridized carbons (Fsp3) is 0.857. The number of carbonyl (C=O) groups excluding carboxylic acids is 1. The first-order valence-corrected chi connectivity index (χ1v) is 10.2. The molecule has 1 unspecified atom stereocenters. The molecular weight excluding hydrogens is 284 g/mol. The van der Waals surface area contributed by atoms with E-state index >= 15 is 0 Å². The van der Waals surface area contributed by atoms with Crippen LogP contribution in [0.2, 0.25) is 0 Å². The van der Waals surface area contributed by atoms with Gasteiger partial charge in [0, 0.05) is 6.42 Å². The predicted octanol–water partition coefficient (Wildman–Crippen LogP) is 6.12. The first kappa shape index (κ1) is 20.4. The fourth-order valence-electron chi connectivity index (χ4n) is 3.32. The van der Waals surface area contributed by atoms with Crippen LogP contribution in [0.5, 0.6) is 0 Å². The predicted molar refractivity (Wildman–Crippen MR) is 98.6 cm³/mol. The molecule has 0 spiro atoms. The highest BCUT2D eigenvalue weighted by molar-refractivity contribution is 5.82. The Balaban J connectivity index is 2.22. The normalized spacial score (nSPS) is 27.0. The van der Waals surface area contributed by atoms with Gasteiger partial charge in [0.25, 0.3) is 0 Å². The lowest BCUT2D eigenvalue weighted by Gasteiger charge is -2.09. The third-order valence-corrected chi connectivity index (χ3v) is 4.93. The van der Waals surface area contributed by atoms with Gasteiger partial charge in [-0.3, -0.25) is 4.79 Å². The van der Waals surface area contributed by atoms with Crippen molar-refractivity contribution in [2.45, 2.75) is 115 Å². The van der Waals surface area contributed by atoms with Gasteiger partial charge in [-0.05, 0) is 38.5 Å². The van der Waals surface area contributed by atoms with E-state index < -0.39 is 6.10 Å². The number of aliphatic hydroxyl groups is 1. The summed E-state index contributed by atoms with van der Waals surface area (Å²) in [5, 5.41) is 9.91. The topological polar surface area (TPSA) is 37.3 Å². The Morgan fingerprint density at radius 2 is 1.09 bits per heavy atom. The van der Waals surface area contributed by atoms with Crippen LogP contribution in [-0.2, 0) is 4.79 Å². The Hall–Kier alpha value is -0.630. The van der Waals surface area contributed by atoms with Gasteiger partial charge in [0.15, 0.2) is 5.78 Å². The molecule has 0 aliphatic heterocycles. The quantitative estimate of drug-likeness (QED) is 0.546. The molecule has 0 fully saturated rings. The van der Waals surface area contributed by atoms with Crippen molar-refractivity contribution in [2.24, 2.45) is 0 Å². The summed E-state index contributed by atoms with van der Waals surface area (Å²) in [6.07, 6.45) is 23.6. The molecule has 0 aromatic heterocycles. The number of rotatable bonds is 0. The van der Waals surface area contributed by atoms with E-state index in [4.69, 9.17) is 0 Å². The van der Waals surface area contributed by atoms with E-state index in [0.29, 0.717) is 12.8 Å². The lowest BCUT2D eigenvalue weighted by molar-refractivity contribution is -0.127. The summed E-state index contributed by atoms with van der Waals surface area (Å²) in [4.78, 5) is 11.9. The molecule has 0 saturated heterocycles. The smallest absolute Gasteiger partial charge is 0.161 e. The molecule has 23 heavy (non-hydrogen) atoms. The molecule has 0 aromatic carbocycles. The Kier molecular flexibility index (Phi) is 13.3. The Labute approximate surface area is 143 Å². The van der Waals surface area contributed by atoms with Gasteiger partial charge >= 0.3 is 0 Å². The molecule has 0 radical (unpaired) electrons. The molecule has 2 heteroatoms. The summed E-state index contributed by atoms with van der Waals surface area (Å²) in [7, 11) is 0. The summed E-state index contributed by atoms with van der Waals surface area (Å²) in [5.41, 5.74) is 0. The standard InChI is InChI=1S/C21H38O2/c22-20-18-16-14-12-10-8-6-4-2-1-3-5-7-9-11-13-15-17-19-21(20)23/h1-2,21,23H,3-19H2/b2-1+. The van der Waals surface area contributed by atoms with E-state index in [2.05, 4.69) is 12.2 Å². The van der Waals surface area contributed by atoms with Crippen LogP contribution >= 0.6 is 0 Å². The Morgan fingerprint density at radius 3 is 1.65 bits per heavy atom. The molecule has 0 heterocycles. The minimum Gasteiger partial charge on any atom is -0.385 e. The summed E-state index contributed by atoms with van der Waals surface area (Å²) >= 11 is 0. The Bertz CT molecular complexity index is 309. The maximum atomic E-state index is 11.9. The zero-order valence-electron chi connectivity index (χ0n) is 15.1.